The Morgan fingerprint density at radius 2 is 1.88 bits per heavy atom. The van der Waals surface area contributed by atoms with Crippen molar-refractivity contribution in [3.8, 4) is 0 Å². The van der Waals surface area contributed by atoms with E-state index < -0.39 is 0 Å². The third-order valence-corrected chi connectivity index (χ3v) is 3.77. The lowest BCUT2D eigenvalue weighted by molar-refractivity contribution is 0.627. The molecule has 0 atom stereocenters. The normalized spacial score (nSPS) is 11.1. The Hall–Kier alpha value is -1.64. The van der Waals surface area contributed by atoms with Crippen molar-refractivity contribution < 1.29 is 4.39 Å². The number of halogens is 2. The summed E-state index contributed by atoms with van der Waals surface area (Å²) in [6, 6.07) is 6.40. The minimum absolute atomic E-state index is 0. The maximum Gasteiger partial charge on any atom is 0.191 e. The molecule has 24 heavy (non-hydrogen) atoms. The van der Waals surface area contributed by atoms with Crippen molar-refractivity contribution in [1.29, 1.82) is 0 Å². The lowest BCUT2D eigenvalue weighted by Gasteiger charge is -2.11. The number of rotatable bonds is 5. The zero-order valence-corrected chi connectivity index (χ0v) is 16.9. The van der Waals surface area contributed by atoms with Gasteiger partial charge >= 0.3 is 0 Å². The minimum atomic E-state index is -0.231. The van der Waals surface area contributed by atoms with Crippen LogP contribution in [0.15, 0.2) is 29.3 Å². The number of aliphatic imine (C=N–C) groups is 1. The van der Waals surface area contributed by atoms with Gasteiger partial charge in [-0.2, -0.15) is 5.10 Å². The summed E-state index contributed by atoms with van der Waals surface area (Å²) in [5.41, 5.74) is 4.31. The van der Waals surface area contributed by atoms with Gasteiger partial charge in [0.15, 0.2) is 5.96 Å². The Morgan fingerprint density at radius 1 is 1.21 bits per heavy atom. The van der Waals surface area contributed by atoms with Gasteiger partial charge in [-0.15, -0.1) is 24.0 Å². The van der Waals surface area contributed by atoms with E-state index >= 15 is 0 Å². The van der Waals surface area contributed by atoms with Gasteiger partial charge in [-0.1, -0.05) is 12.1 Å². The second-order valence-corrected chi connectivity index (χ2v) is 5.45. The summed E-state index contributed by atoms with van der Waals surface area (Å²) in [6.07, 6.45) is 0. The van der Waals surface area contributed by atoms with E-state index in [0.717, 1.165) is 29.5 Å². The molecule has 0 saturated carbocycles. The Bertz CT molecular complexity index is 679. The average Bonchev–Trinajstić information content (AvgIpc) is 2.77. The van der Waals surface area contributed by atoms with E-state index in [1.807, 2.05) is 25.6 Å². The molecule has 2 aromatic rings. The van der Waals surface area contributed by atoms with Crippen LogP contribution in [0.4, 0.5) is 4.39 Å². The van der Waals surface area contributed by atoms with Crippen LogP contribution in [0.2, 0.25) is 0 Å². The molecule has 0 unspecified atom stereocenters. The highest BCUT2D eigenvalue weighted by molar-refractivity contribution is 14.0. The number of hydrogen-bond donors (Lipinski definition) is 2. The molecule has 1 heterocycles. The molecule has 0 radical (unpaired) electrons. The highest BCUT2D eigenvalue weighted by Crippen LogP contribution is 2.11. The Balaban J connectivity index is 0.00000288. The van der Waals surface area contributed by atoms with Crippen molar-refractivity contribution in [2.45, 2.75) is 33.9 Å². The van der Waals surface area contributed by atoms with E-state index in [1.54, 1.807) is 12.1 Å². The molecular weight excluding hydrogens is 420 g/mol. The van der Waals surface area contributed by atoms with Crippen LogP contribution in [0.1, 0.15) is 29.4 Å². The summed E-state index contributed by atoms with van der Waals surface area (Å²) in [5, 5.41) is 11.0. The van der Waals surface area contributed by atoms with E-state index in [9.17, 15) is 4.39 Å². The first-order valence-corrected chi connectivity index (χ1v) is 7.77. The van der Waals surface area contributed by atoms with Crippen molar-refractivity contribution in [3.05, 3.63) is 52.6 Å². The Labute approximate surface area is 159 Å². The molecule has 2 N–H and O–H groups in total. The molecule has 0 amide bonds. The van der Waals surface area contributed by atoms with E-state index in [-0.39, 0.29) is 29.8 Å². The highest BCUT2D eigenvalue weighted by atomic mass is 127. The van der Waals surface area contributed by atoms with Crippen LogP contribution in [0, 0.1) is 19.7 Å². The van der Waals surface area contributed by atoms with Crippen molar-refractivity contribution >= 4 is 29.9 Å². The van der Waals surface area contributed by atoms with Crippen molar-refractivity contribution in [3.63, 3.8) is 0 Å². The van der Waals surface area contributed by atoms with Crippen LogP contribution in [0.25, 0.3) is 0 Å². The van der Waals surface area contributed by atoms with Crippen molar-refractivity contribution in [2.24, 2.45) is 12.0 Å². The molecule has 0 aliphatic carbocycles. The molecule has 7 heteroatoms. The second-order valence-electron chi connectivity index (χ2n) is 5.45. The first-order valence-electron chi connectivity index (χ1n) is 7.77. The molecule has 0 aliphatic heterocycles. The largest absolute Gasteiger partial charge is 0.357 e. The maximum atomic E-state index is 12.9. The molecule has 0 aliphatic rings. The molecular formula is C17H25FIN5. The van der Waals surface area contributed by atoms with E-state index in [4.69, 9.17) is 0 Å². The third-order valence-electron chi connectivity index (χ3n) is 3.77. The van der Waals surface area contributed by atoms with Crippen LogP contribution in [-0.4, -0.2) is 22.3 Å². The third kappa shape index (κ3) is 5.47. The van der Waals surface area contributed by atoms with Crippen LogP contribution >= 0.6 is 24.0 Å². The van der Waals surface area contributed by atoms with E-state index in [1.165, 1.54) is 17.7 Å². The average molecular weight is 445 g/mol. The number of hydrogen-bond acceptors (Lipinski definition) is 2. The van der Waals surface area contributed by atoms with Crippen molar-refractivity contribution in [1.82, 2.24) is 20.4 Å². The molecule has 132 valence electrons. The summed E-state index contributed by atoms with van der Waals surface area (Å²) >= 11 is 0. The fourth-order valence-corrected chi connectivity index (χ4v) is 2.35. The molecule has 0 bridgehead atoms. The predicted molar refractivity (Wildman–Crippen MR) is 106 cm³/mol. The van der Waals surface area contributed by atoms with Gasteiger partial charge in [0.05, 0.1) is 12.2 Å². The van der Waals surface area contributed by atoms with Crippen LogP contribution in [-0.2, 0) is 20.1 Å². The summed E-state index contributed by atoms with van der Waals surface area (Å²) in [7, 11) is 1.94. The summed E-state index contributed by atoms with van der Waals surface area (Å²) in [5.74, 6) is 0.504. The number of guanidine groups is 1. The van der Waals surface area contributed by atoms with Gasteiger partial charge < -0.3 is 10.6 Å². The first kappa shape index (κ1) is 20.4. The number of benzene rings is 1. The number of aryl methyl sites for hydroxylation is 2. The lowest BCUT2D eigenvalue weighted by Crippen LogP contribution is -2.37. The number of nitrogens with zero attached hydrogens (tertiary/aromatic N) is 3. The van der Waals surface area contributed by atoms with Crippen molar-refractivity contribution in [2.75, 3.05) is 6.54 Å². The minimum Gasteiger partial charge on any atom is -0.357 e. The summed E-state index contributed by atoms with van der Waals surface area (Å²) in [6.45, 7) is 8.03. The molecule has 1 aromatic carbocycles. The zero-order chi connectivity index (χ0) is 16.8. The smallest absolute Gasteiger partial charge is 0.191 e. The fraction of sp³-hybridized carbons (Fsp3) is 0.412. The van der Waals surface area contributed by atoms with Gasteiger partial charge in [0.1, 0.15) is 5.82 Å². The topological polar surface area (TPSA) is 54.2 Å². The summed E-state index contributed by atoms with van der Waals surface area (Å²) < 4.78 is 14.8. The highest BCUT2D eigenvalue weighted by Gasteiger charge is 2.09. The predicted octanol–water partition coefficient (Wildman–Crippen LogP) is 3.05. The van der Waals surface area contributed by atoms with E-state index in [0.29, 0.717) is 13.1 Å². The monoisotopic (exact) mass is 445 g/mol. The number of aromatic nitrogens is 2. The van der Waals surface area contributed by atoms with Gasteiger partial charge in [0, 0.05) is 31.4 Å². The quantitative estimate of drug-likeness (QED) is 0.423. The van der Waals surface area contributed by atoms with E-state index in [2.05, 4.69) is 27.6 Å². The van der Waals surface area contributed by atoms with Gasteiger partial charge in [0.25, 0.3) is 0 Å². The van der Waals surface area contributed by atoms with Gasteiger partial charge in [-0.25, -0.2) is 9.38 Å². The summed E-state index contributed by atoms with van der Waals surface area (Å²) in [4.78, 5) is 4.54. The van der Waals surface area contributed by atoms with Crippen LogP contribution in [0.5, 0.6) is 0 Å². The first-order chi connectivity index (χ1) is 11.0. The Kier molecular flexibility index (Phi) is 8.17. The molecule has 0 saturated heterocycles. The van der Waals surface area contributed by atoms with Crippen LogP contribution < -0.4 is 10.6 Å². The molecule has 2 rings (SSSR count). The fourth-order valence-electron chi connectivity index (χ4n) is 2.35. The maximum absolute atomic E-state index is 12.9. The Morgan fingerprint density at radius 3 is 2.42 bits per heavy atom. The standard InChI is InChI=1S/C17H24FN5.HI/c1-5-19-17(20-10-14-6-8-15(18)9-7-14)21-11-16-12(2)22-23(4)13(16)3;/h6-9H,5,10-11H2,1-4H3,(H2,19,20,21);1H. The second kappa shape index (κ2) is 9.61. The molecule has 1 aromatic heterocycles. The number of nitrogens with one attached hydrogen (secondary N) is 2. The lowest BCUT2D eigenvalue weighted by atomic mass is 10.2. The zero-order valence-electron chi connectivity index (χ0n) is 14.6. The van der Waals surface area contributed by atoms with Gasteiger partial charge in [-0.3, -0.25) is 4.68 Å². The van der Waals surface area contributed by atoms with Gasteiger partial charge in [-0.05, 0) is 38.5 Å². The van der Waals surface area contributed by atoms with Gasteiger partial charge in [0.2, 0.25) is 0 Å². The molecule has 0 fully saturated rings. The molecule has 5 nitrogen and oxygen atoms in total. The SMILES string of the molecule is CCNC(=NCc1ccc(F)cc1)NCc1c(C)nn(C)c1C.I. The van der Waals surface area contributed by atoms with Crippen LogP contribution in [0.3, 0.4) is 0 Å². The molecule has 0 spiro atoms.